The molecule has 5 nitrogen and oxygen atoms in total. The topological polar surface area (TPSA) is 68.8 Å². The fraction of sp³-hybridized carbons (Fsp3) is 0.286. The van der Waals surface area contributed by atoms with Gasteiger partial charge in [0.2, 0.25) is 0 Å². The van der Waals surface area contributed by atoms with Crippen LogP contribution in [0.25, 0.3) is 10.2 Å². The van der Waals surface area contributed by atoms with Gasteiger partial charge in [-0.1, -0.05) is 0 Å². The average Bonchev–Trinajstić information content (AvgIpc) is 3.12. The van der Waals surface area contributed by atoms with E-state index in [2.05, 4.69) is 38.3 Å². The largest absolute Gasteiger partial charge is 0.335 e. The number of nitrogens with two attached hydrogens (primary N) is 1. The molecule has 0 amide bonds. The zero-order chi connectivity index (χ0) is 13.9. The highest BCUT2D eigenvalue weighted by molar-refractivity contribution is 7.17. The van der Waals surface area contributed by atoms with Crippen molar-refractivity contribution in [2.45, 2.75) is 25.9 Å². The lowest BCUT2D eigenvalue weighted by Crippen LogP contribution is -2.30. The van der Waals surface area contributed by atoms with Gasteiger partial charge in [0.1, 0.15) is 5.82 Å². The van der Waals surface area contributed by atoms with Crippen LogP contribution in [0.15, 0.2) is 36.1 Å². The van der Waals surface area contributed by atoms with E-state index in [1.165, 1.54) is 4.70 Å². The maximum atomic E-state index is 5.72. The molecule has 0 aliphatic rings. The molecule has 6 heteroatoms. The predicted molar refractivity (Wildman–Crippen MR) is 81.3 cm³/mol. The molecule has 0 aromatic carbocycles. The Labute approximate surface area is 121 Å². The van der Waals surface area contributed by atoms with Crippen molar-refractivity contribution in [2.24, 2.45) is 5.84 Å². The monoisotopic (exact) mass is 287 g/mol. The highest BCUT2D eigenvalue weighted by Crippen LogP contribution is 2.24. The van der Waals surface area contributed by atoms with Crippen LogP contribution in [-0.2, 0) is 13.0 Å². The molecule has 1 unspecified atom stereocenters. The van der Waals surface area contributed by atoms with Gasteiger partial charge in [0.15, 0.2) is 0 Å². The Morgan fingerprint density at radius 3 is 3.15 bits per heavy atom. The maximum Gasteiger partial charge on any atom is 0.110 e. The van der Waals surface area contributed by atoms with Gasteiger partial charge >= 0.3 is 0 Å². The van der Waals surface area contributed by atoms with Gasteiger partial charge in [-0.15, -0.1) is 11.3 Å². The molecule has 0 spiro atoms. The summed E-state index contributed by atoms with van der Waals surface area (Å²) in [7, 11) is 0. The van der Waals surface area contributed by atoms with Gasteiger partial charge in [0, 0.05) is 31.6 Å². The molecule has 104 valence electrons. The van der Waals surface area contributed by atoms with Crippen LogP contribution in [-0.4, -0.2) is 14.5 Å². The number of nitrogens with zero attached hydrogens (tertiary/aromatic N) is 3. The van der Waals surface area contributed by atoms with E-state index in [0.29, 0.717) is 0 Å². The van der Waals surface area contributed by atoms with Crippen LogP contribution in [0.2, 0.25) is 0 Å². The Hall–Kier alpha value is -1.76. The number of pyridine rings is 1. The van der Waals surface area contributed by atoms with Gasteiger partial charge in [-0.2, -0.15) is 0 Å². The second-order valence-corrected chi connectivity index (χ2v) is 5.57. The van der Waals surface area contributed by atoms with Crippen LogP contribution in [0, 0.1) is 0 Å². The Bertz CT molecular complexity index is 702. The third-order valence-corrected chi connectivity index (χ3v) is 4.31. The number of hydrogen-bond acceptors (Lipinski definition) is 5. The number of nitrogens with one attached hydrogen (secondary N) is 1. The van der Waals surface area contributed by atoms with Crippen LogP contribution < -0.4 is 11.3 Å². The number of hydrogen-bond donors (Lipinski definition) is 2. The summed E-state index contributed by atoms with van der Waals surface area (Å²) < 4.78 is 3.31. The van der Waals surface area contributed by atoms with E-state index >= 15 is 0 Å². The van der Waals surface area contributed by atoms with Gasteiger partial charge in [0.05, 0.1) is 16.3 Å². The third kappa shape index (κ3) is 2.45. The number of aryl methyl sites for hydroxylation is 1. The van der Waals surface area contributed by atoms with E-state index in [-0.39, 0.29) is 6.04 Å². The Kier molecular flexibility index (Phi) is 3.77. The first-order valence-electron chi connectivity index (χ1n) is 6.61. The second-order valence-electron chi connectivity index (χ2n) is 4.63. The van der Waals surface area contributed by atoms with Crippen molar-refractivity contribution in [3.63, 3.8) is 0 Å². The Morgan fingerprint density at radius 1 is 1.45 bits per heavy atom. The van der Waals surface area contributed by atoms with Gasteiger partial charge in [-0.3, -0.25) is 16.3 Å². The third-order valence-electron chi connectivity index (χ3n) is 3.46. The summed E-state index contributed by atoms with van der Waals surface area (Å²) >= 11 is 1.69. The molecular formula is C14H17N5S. The van der Waals surface area contributed by atoms with Gasteiger partial charge < -0.3 is 4.57 Å². The van der Waals surface area contributed by atoms with Crippen molar-refractivity contribution in [3.05, 3.63) is 47.5 Å². The Balaban J connectivity index is 1.88. The fourth-order valence-electron chi connectivity index (χ4n) is 2.33. The minimum Gasteiger partial charge on any atom is -0.335 e. The van der Waals surface area contributed by atoms with Crippen molar-refractivity contribution in [1.29, 1.82) is 0 Å². The van der Waals surface area contributed by atoms with Gasteiger partial charge in [0.25, 0.3) is 0 Å². The number of imidazole rings is 1. The van der Waals surface area contributed by atoms with E-state index < -0.39 is 0 Å². The van der Waals surface area contributed by atoms with Crippen LogP contribution >= 0.6 is 11.3 Å². The molecule has 0 saturated heterocycles. The molecule has 3 aromatic rings. The molecule has 3 heterocycles. The molecule has 20 heavy (non-hydrogen) atoms. The smallest absolute Gasteiger partial charge is 0.110 e. The molecule has 3 rings (SSSR count). The molecule has 0 saturated carbocycles. The first-order valence-corrected chi connectivity index (χ1v) is 7.49. The maximum absolute atomic E-state index is 5.72. The van der Waals surface area contributed by atoms with Crippen molar-refractivity contribution >= 4 is 21.6 Å². The van der Waals surface area contributed by atoms with E-state index in [1.54, 1.807) is 11.3 Å². The number of rotatable bonds is 5. The number of aromatic nitrogens is 3. The highest BCUT2D eigenvalue weighted by atomic mass is 32.1. The summed E-state index contributed by atoms with van der Waals surface area (Å²) in [4.78, 5) is 8.87. The lowest BCUT2D eigenvalue weighted by atomic mass is 10.1. The summed E-state index contributed by atoms with van der Waals surface area (Å²) in [5.74, 6) is 6.75. The SMILES string of the molecule is CCn1ccnc1CC(NN)c1cnc2ccsc2c1. The number of thiophene rings is 1. The predicted octanol–water partition coefficient (Wildman–Crippen LogP) is 2.26. The molecule has 3 N–H and O–H groups in total. The standard InChI is InChI=1S/C14H17N5S/c1-2-19-5-4-16-14(19)8-12(18-15)10-7-13-11(17-9-10)3-6-20-13/h3-7,9,12,18H,2,8,15H2,1H3. The van der Waals surface area contributed by atoms with Gasteiger partial charge in [-0.05, 0) is 30.0 Å². The zero-order valence-corrected chi connectivity index (χ0v) is 12.1. The molecule has 3 aromatic heterocycles. The summed E-state index contributed by atoms with van der Waals surface area (Å²) in [6.45, 7) is 3.02. The van der Waals surface area contributed by atoms with E-state index in [4.69, 9.17) is 5.84 Å². The summed E-state index contributed by atoms with van der Waals surface area (Å²) in [5.41, 5.74) is 5.00. The molecule has 0 aliphatic carbocycles. The van der Waals surface area contributed by atoms with Crippen molar-refractivity contribution in [3.8, 4) is 0 Å². The van der Waals surface area contributed by atoms with Crippen molar-refractivity contribution < 1.29 is 0 Å². The summed E-state index contributed by atoms with van der Waals surface area (Å²) in [5, 5.41) is 2.05. The fourth-order valence-corrected chi connectivity index (χ4v) is 3.11. The molecule has 0 radical (unpaired) electrons. The zero-order valence-electron chi connectivity index (χ0n) is 11.3. The summed E-state index contributed by atoms with van der Waals surface area (Å²) in [6.07, 6.45) is 6.45. The quantitative estimate of drug-likeness (QED) is 0.558. The van der Waals surface area contributed by atoms with Crippen LogP contribution in [0.1, 0.15) is 24.4 Å². The average molecular weight is 287 g/mol. The van der Waals surface area contributed by atoms with Gasteiger partial charge in [-0.25, -0.2) is 4.98 Å². The molecule has 1 atom stereocenters. The van der Waals surface area contributed by atoms with E-state index in [9.17, 15) is 0 Å². The first-order chi connectivity index (χ1) is 9.81. The van der Waals surface area contributed by atoms with Crippen LogP contribution in [0.5, 0.6) is 0 Å². The second kappa shape index (κ2) is 5.70. The van der Waals surface area contributed by atoms with Crippen molar-refractivity contribution in [2.75, 3.05) is 0 Å². The normalized spacial score (nSPS) is 12.9. The lowest BCUT2D eigenvalue weighted by Gasteiger charge is -2.16. The Morgan fingerprint density at radius 2 is 2.35 bits per heavy atom. The lowest BCUT2D eigenvalue weighted by molar-refractivity contribution is 0.522. The molecular weight excluding hydrogens is 270 g/mol. The van der Waals surface area contributed by atoms with Crippen molar-refractivity contribution in [1.82, 2.24) is 20.0 Å². The van der Waals surface area contributed by atoms with Crippen LogP contribution in [0.3, 0.4) is 0 Å². The van der Waals surface area contributed by atoms with E-state index in [0.717, 1.165) is 29.9 Å². The minimum atomic E-state index is 0.0155. The van der Waals surface area contributed by atoms with E-state index in [1.807, 2.05) is 24.7 Å². The summed E-state index contributed by atoms with van der Waals surface area (Å²) in [6, 6.07) is 4.19. The van der Waals surface area contributed by atoms with Crippen LogP contribution in [0.4, 0.5) is 0 Å². The molecule has 0 fully saturated rings. The number of hydrazine groups is 1. The first kappa shape index (κ1) is 13.2. The molecule has 0 aliphatic heterocycles. The molecule has 0 bridgehead atoms. The number of fused-ring (bicyclic) bond motifs is 1. The minimum absolute atomic E-state index is 0.0155. The highest BCUT2D eigenvalue weighted by Gasteiger charge is 2.15.